The lowest BCUT2D eigenvalue weighted by molar-refractivity contribution is -0.128. The summed E-state index contributed by atoms with van der Waals surface area (Å²) in [6.45, 7) is 5.20. The van der Waals surface area contributed by atoms with Gasteiger partial charge in [-0.2, -0.15) is 0 Å². The van der Waals surface area contributed by atoms with E-state index in [2.05, 4.69) is 25.8 Å². The highest BCUT2D eigenvalue weighted by Crippen LogP contribution is 2.38. The van der Waals surface area contributed by atoms with Gasteiger partial charge in [0.2, 0.25) is 0 Å². The maximum atomic E-state index is 12.2. The van der Waals surface area contributed by atoms with Gasteiger partial charge < -0.3 is 4.90 Å². The number of hydrogen-bond donors (Lipinski definition) is 0. The predicted molar refractivity (Wildman–Crippen MR) is 66.4 cm³/mol. The highest BCUT2D eigenvalue weighted by molar-refractivity contribution is 5.88. The summed E-state index contributed by atoms with van der Waals surface area (Å²) in [7, 11) is 2.20. The lowest BCUT2D eigenvalue weighted by Gasteiger charge is -2.27. The molecule has 0 radical (unpaired) electrons. The maximum Gasteiger partial charge on any atom is 0.142 e. The molecule has 2 fully saturated rings. The molecule has 92 valence electrons. The fourth-order valence-corrected chi connectivity index (χ4v) is 3.36. The van der Waals surface area contributed by atoms with Crippen molar-refractivity contribution in [2.24, 2.45) is 11.3 Å². The molecule has 1 unspecified atom stereocenters. The van der Waals surface area contributed by atoms with Gasteiger partial charge in [0, 0.05) is 23.9 Å². The molecule has 0 aliphatic heterocycles. The average molecular weight is 223 g/mol. The van der Waals surface area contributed by atoms with Crippen molar-refractivity contribution in [1.29, 1.82) is 0 Å². The van der Waals surface area contributed by atoms with Crippen LogP contribution in [0.5, 0.6) is 0 Å². The molecule has 0 aromatic heterocycles. The van der Waals surface area contributed by atoms with Crippen molar-refractivity contribution in [2.45, 2.75) is 58.4 Å². The lowest BCUT2D eigenvalue weighted by Crippen LogP contribution is -2.36. The molecule has 16 heavy (non-hydrogen) atoms. The van der Waals surface area contributed by atoms with Gasteiger partial charge in [-0.15, -0.1) is 0 Å². The summed E-state index contributed by atoms with van der Waals surface area (Å²) in [5, 5.41) is 0. The third-order valence-electron chi connectivity index (χ3n) is 4.61. The van der Waals surface area contributed by atoms with Crippen molar-refractivity contribution in [1.82, 2.24) is 4.90 Å². The van der Waals surface area contributed by atoms with Crippen LogP contribution in [0.15, 0.2) is 0 Å². The molecular weight excluding hydrogens is 198 g/mol. The van der Waals surface area contributed by atoms with Crippen LogP contribution in [-0.4, -0.2) is 30.3 Å². The number of rotatable bonds is 3. The van der Waals surface area contributed by atoms with Gasteiger partial charge in [0.25, 0.3) is 0 Å². The molecule has 0 amide bonds. The van der Waals surface area contributed by atoms with E-state index in [1.54, 1.807) is 0 Å². The maximum absolute atomic E-state index is 12.2. The molecule has 0 spiro atoms. The van der Waals surface area contributed by atoms with Gasteiger partial charge in [0.05, 0.1) is 0 Å². The van der Waals surface area contributed by atoms with E-state index >= 15 is 0 Å². The van der Waals surface area contributed by atoms with Gasteiger partial charge in [0.1, 0.15) is 5.78 Å². The van der Waals surface area contributed by atoms with Gasteiger partial charge >= 0.3 is 0 Å². The topological polar surface area (TPSA) is 20.3 Å². The van der Waals surface area contributed by atoms with Crippen LogP contribution >= 0.6 is 0 Å². The fourth-order valence-electron chi connectivity index (χ4n) is 3.36. The van der Waals surface area contributed by atoms with Crippen LogP contribution in [0.1, 0.15) is 52.4 Å². The van der Waals surface area contributed by atoms with Gasteiger partial charge in [-0.25, -0.2) is 0 Å². The molecule has 0 bridgehead atoms. The van der Waals surface area contributed by atoms with Crippen molar-refractivity contribution < 1.29 is 4.79 Å². The lowest BCUT2D eigenvalue weighted by atomic mass is 9.89. The predicted octanol–water partition coefficient (Wildman–Crippen LogP) is 2.87. The standard InChI is InChI=1S/C14H25NO/c1-14(2)9-8-11(13(14)16)10-15(3)12-6-4-5-7-12/h11-12H,4-10H2,1-3H3. The second kappa shape index (κ2) is 4.48. The summed E-state index contributed by atoms with van der Waals surface area (Å²) in [6, 6.07) is 0.747. The first-order valence-corrected chi connectivity index (χ1v) is 6.75. The van der Waals surface area contributed by atoms with Gasteiger partial charge in [-0.05, 0) is 32.7 Å². The Morgan fingerprint density at radius 3 is 2.38 bits per heavy atom. The zero-order valence-electron chi connectivity index (χ0n) is 11.0. The number of hydrogen-bond acceptors (Lipinski definition) is 2. The Balaban J connectivity index is 1.88. The number of carbonyl (C=O) groups excluding carboxylic acids is 1. The molecule has 2 heteroatoms. The van der Waals surface area contributed by atoms with E-state index in [4.69, 9.17) is 0 Å². The molecule has 2 rings (SSSR count). The quantitative estimate of drug-likeness (QED) is 0.733. The van der Waals surface area contributed by atoms with Crippen LogP contribution in [0, 0.1) is 11.3 Å². The first-order chi connectivity index (χ1) is 7.50. The summed E-state index contributed by atoms with van der Waals surface area (Å²) < 4.78 is 0. The van der Waals surface area contributed by atoms with Crippen LogP contribution in [0.25, 0.3) is 0 Å². The van der Waals surface area contributed by atoms with E-state index in [-0.39, 0.29) is 5.41 Å². The minimum absolute atomic E-state index is 0.0544. The second-order valence-corrected chi connectivity index (χ2v) is 6.36. The van der Waals surface area contributed by atoms with Crippen LogP contribution in [-0.2, 0) is 4.79 Å². The Morgan fingerprint density at radius 1 is 1.25 bits per heavy atom. The first-order valence-electron chi connectivity index (χ1n) is 6.75. The molecule has 0 saturated heterocycles. The summed E-state index contributed by atoms with van der Waals surface area (Å²) in [4.78, 5) is 14.6. The number of carbonyl (C=O) groups is 1. The molecular formula is C14H25NO. The van der Waals surface area contributed by atoms with Crippen molar-refractivity contribution in [3.8, 4) is 0 Å². The molecule has 2 aliphatic carbocycles. The molecule has 2 aliphatic rings. The highest BCUT2D eigenvalue weighted by atomic mass is 16.1. The Labute approximate surface area is 99.4 Å². The molecule has 0 heterocycles. The van der Waals surface area contributed by atoms with Crippen LogP contribution in [0.2, 0.25) is 0 Å². The van der Waals surface area contributed by atoms with Crippen molar-refractivity contribution in [3.63, 3.8) is 0 Å². The molecule has 2 nitrogen and oxygen atoms in total. The molecule has 1 atom stereocenters. The molecule has 2 saturated carbocycles. The second-order valence-electron chi connectivity index (χ2n) is 6.36. The van der Waals surface area contributed by atoms with E-state index in [9.17, 15) is 4.79 Å². The normalized spacial score (nSPS) is 30.5. The first kappa shape index (κ1) is 12.1. The smallest absolute Gasteiger partial charge is 0.142 e. The summed E-state index contributed by atoms with van der Waals surface area (Å²) in [6.07, 6.45) is 7.59. The number of Topliss-reactive ketones (excluding diaryl/α,β-unsaturated/α-hetero) is 1. The minimum Gasteiger partial charge on any atom is -0.303 e. The van der Waals surface area contributed by atoms with Gasteiger partial charge in [0.15, 0.2) is 0 Å². The largest absolute Gasteiger partial charge is 0.303 e. The zero-order valence-corrected chi connectivity index (χ0v) is 11.0. The number of nitrogens with zero attached hydrogens (tertiary/aromatic N) is 1. The third kappa shape index (κ3) is 2.32. The van der Waals surface area contributed by atoms with Crippen molar-refractivity contribution >= 4 is 5.78 Å². The van der Waals surface area contributed by atoms with E-state index in [1.807, 2.05) is 0 Å². The van der Waals surface area contributed by atoms with E-state index in [0.29, 0.717) is 11.7 Å². The van der Waals surface area contributed by atoms with E-state index in [0.717, 1.165) is 25.4 Å². The summed E-state index contributed by atoms with van der Waals surface area (Å²) >= 11 is 0. The molecule has 0 N–H and O–H groups in total. The van der Waals surface area contributed by atoms with Crippen LogP contribution in [0.3, 0.4) is 0 Å². The SMILES string of the molecule is CN(CC1CCC(C)(C)C1=O)C1CCCC1. The van der Waals surface area contributed by atoms with Crippen LogP contribution < -0.4 is 0 Å². The molecule has 0 aromatic rings. The minimum atomic E-state index is -0.0544. The van der Waals surface area contributed by atoms with Crippen molar-refractivity contribution in [3.05, 3.63) is 0 Å². The fraction of sp³-hybridized carbons (Fsp3) is 0.929. The average Bonchev–Trinajstić information content (AvgIpc) is 2.82. The Bertz CT molecular complexity index is 266. The molecule has 0 aromatic carbocycles. The zero-order chi connectivity index (χ0) is 11.8. The Hall–Kier alpha value is -0.370. The van der Waals surface area contributed by atoms with E-state index < -0.39 is 0 Å². The number of ketones is 1. The van der Waals surface area contributed by atoms with Gasteiger partial charge in [-0.1, -0.05) is 26.7 Å². The summed E-state index contributed by atoms with van der Waals surface area (Å²) in [5.74, 6) is 0.804. The Kier molecular flexibility index (Phi) is 3.39. The third-order valence-corrected chi connectivity index (χ3v) is 4.61. The highest BCUT2D eigenvalue weighted by Gasteiger charge is 2.41. The van der Waals surface area contributed by atoms with Crippen LogP contribution in [0.4, 0.5) is 0 Å². The Morgan fingerprint density at radius 2 is 1.88 bits per heavy atom. The van der Waals surface area contributed by atoms with Gasteiger partial charge in [-0.3, -0.25) is 4.79 Å². The van der Waals surface area contributed by atoms with E-state index in [1.165, 1.54) is 25.7 Å². The monoisotopic (exact) mass is 223 g/mol. The van der Waals surface area contributed by atoms with Crippen molar-refractivity contribution in [2.75, 3.05) is 13.6 Å². The summed E-state index contributed by atoms with van der Waals surface area (Å²) in [5.41, 5.74) is -0.0544.